The third kappa shape index (κ3) is 4.46. The maximum atomic E-state index is 12.4. The van der Waals surface area contributed by atoms with E-state index in [1.54, 1.807) is 23.1 Å². The lowest BCUT2D eigenvalue weighted by Crippen LogP contribution is -2.24. The zero-order chi connectivity index (χ0) is 20.3. The molecule has 0 fully saturated rings. The minimum Gasteiger partial charge on any atom is -0.289 e. The van der Waals surface area contributed by atoms with Gasteiger partial charge in [0.05, 0.1) is 11.4 Å². The van der Waals surface area contributed by atoms with Gasteiger partial charge in [-0.3, -0.25) is 14.5 Å². The van der Waals surface area contributed by atoms with Gasteiger partial charge in [0, 0.05) is 22.3 Å². The summed E-state index contributed by atoms with van der Waals surface area (Å²) in [5, 5.41) is 2.42. The number of aryl methyl sites for hydroxylation is 2. The van der Waals surface area contributed by atoms with E-state index in [4.69, 9.17) is 0 Å². The van der Waals surface area contributed by atoms with Gasteiger partial charge in [-0.25, -0.2) is 4.98 Å². The van der Waals surface area contributed by atoms with Crippen molar-refractivity contribution in [3.05, 3.63) is 80.8 Å². The van der Waals surface area contributed by atoms with Crippen LogP contribution in [-0.2, 0) is 4.79 Å². The average molecular weight is 455 g/mol. The van der Waals surface area contributed by atoms with Gasteiger partial charge in [-0.1, -0.05) is 34.1 Å². The summed E-state index contributed by atoms with van der Waals surface area (Å²) in [5.41, 5.74) is 4.12. The quantitative estimate of drug-likeness (QED) is 0.345. The van der Waals surface area contributed by atoms with Crippen LogP contribution >= 0.6 is 27.3 Å². The van der Waals surface area contributed by atoms with Crippen LogP contribution in [0.4, 0.5) is 10.8 Å². The first kappa shape index (κ1) is 20.2. The molecule has 2 aromatic carbocycles. The number of hydrogen-bond donors (Lipinski definition) is 0. The van der Waals surface area contributed by atoms with Gasteiger partial charge in [0.15, 0.2) is 10.9 Å². The van der Waals surface area contributed by atoms with Crippen LogP contribution in [0.25, 0.3) is 6.08 Å². The van der Waals surface area contributed by atoms with Gasteiger partial charge < -0.3 is 0 Å². The minimum atomic E-state index is -0.104. The van der Waals surface area contributed by atoms with Crippen LogP contribution in [0.15, 0.2) is 58.4 Å². The first-order valence-corrected chi connectivity index (χ1v) is 10.3. The molecule has 0 unspecified atom stereocenters. The summed E-state index contributed by atoms with van der Waals surface area (Å²) in [4.78, 5) is 30.8. The summed E-state index contributed by atoms with van der Waals surface area (Å²) in [7, 11) is 0. The van der Waals surface area contributed by atoms with Crippen LogP contribution in [0, 0.1) is 13.8 Å². The number of thiazole rings is 1. The Kier molecular flexibility index (Phi) is 6.21. The van der Waals surface area contributed by atoms with Crippen molar-refractivity contribution in [1.82, 2.24) is 4.98 Å². The number of allylic oxidation sites excluding steroid dienone is 1. The number of amides is 1. The number of benzene rings is 2. The second-order valence-electron chi connectivity index (χ2n) is 6.35. The normalized spacial score (nSPS) is 11.0. The number of carbonyl (C=O) groups is 2. The lowest BCUT2D eigenvalue weighted by Gasteiger charge is -2.22. The minimum absolute atomic E-state index is 0.0970. The fourth-order valence-electron chi connectivity index (χ4n) is 2.87. The number of aromatic nitrogens is 1. The molecule has 1 heterocycles. The lowest BCUT2D eigenvalue weighted by atomic mass is 10.1. The van der Waals surface area contributed by atoms with E-state index in [9.17, 15) is 9.59 Å². The average Bonchev–Trinajstić information content (AvgIpc) is 3.11. The SMILES string of the molecule is CC(=O)N(c1nc(/C=C/C(=O)c2ccc(Br)cc2)cs1)c1c(C)cccc1C. The van der Waals surface area contributed by atoms with E-state index in [0.29, 0.717) is 16.4 Å². The topological polar surface area (TPSA) is 50.3 Å². The monoisotopic (exact) mass is 454 g/mol. The molecular formula is C22H19BrN2O2S. The van der Waals surface area contributed by atoms with Crippen molar-refractivity contribution < 1.29 is 9.59 Å². The Morgan fingerprint density at radius 1 is 1.07 bits per heavy atom. The third-order valence-corrected chi connectivity index (χ3v) is 5.59. The first-order valence-electron chi connectivity index (χ1n) is 8.67. The smallest absolute Gasteiger partial charge is 0.230 e. The van der Waals surface area contributed by atoms with Gasteiger partial charge in [-0.2, -0.15) is 0 Å². The van der Waals surface area contributed by atoms with Gasteiger partial charge in [-0.15, -0.1) is 11.3 Å². The van der Waals surface area contributed by atoms with E-state index < -0.39 is 0 Å². The first-order chi connectivity index (χ1) is 13.4. The Balaban J connectivity index is 1.86. The zero-order valence-corrected chi connectivity index (χ0v) is 18.2. The summed E-state index contributed by atoms with van der Waals surface area (Å²) in [6, 6.07) is 13.1. The molecule has 1 amide bonds. The molecule has 0 aliphatic heterocycles. The Hall–Kier alpha value is -2.57. The molecule has 0 aliphatic carbocycles. The molecule has 3 aromatic rings. The van der Waals surface area contributed by atoms with E-state index in [2.05, 4.69) is 20.9 Å². The molecule has 4 nitrogen and oxygen atoms in total. The molecule has 0 saturated heterocycles. The standard InChI is InChI=1S/C22H19BrN2O2S/c1-14-5-4-6-15(2)21(14)25(16(3)26)22-24-19(13-28-22)11-12-20(27)17-7-9-18(23)10-8-17/h4-13H,1-3H3/b12-11+. The number of anilines is 2. The largest absolute Gasteiger partial charge is 0.289 e. The summed E-state index contributed by atoms with van der Waals surface area (Å²) < 4.78 is 0.924. The highest BCUT2D eigenvalue weighted by molar-refractivity contribution is 9.10. The number of nitrogens with zero attached hydrogens (tertiary/aromatic N) is 2. The number of para-hydroxylation sites is 1. The van der Waals surface area contributed by atoms with Crippen LogP contribution in [-0.4, -0.2) is 16.7 Å². The number of rotatable bonds is 5. The summed E-state index contributed by atoms with van der Waals surface area (Å²) in [6.07, 6.45) is 3.17. The van der Waals surface area contributed by atoms with Crippen LogP contribution < -0.4 is 4.90 Å². The maximum Gasteiger partial charge on any atom is 0.230 e. The summed E-state index contributed by atoms with van der Waals surface area (Å²) in [5.74, 6) is -0.201. The van der Waals surface area contributed by atoms with Crippen molar-refractivity contribution >= 4 is 55.9 Å². The molecule has 1 aromatic heterocycles. The number of carbonyl (C=O) groups excluding carboxylic acids is 2. The van der Waals surface area contributed by atoms with Crippen LogP contribution in [0.5, 0.6) is 0 Å². The Labute approximate surface area is 176 Å². The maximum absolute atomic E-state index is 12.4. The molecule has 0 aliphatic rings. The Morgan fingerprint density at radius 3 is 2.32 bits per heavy atom. The van der Waals surface area contributed by atoms with Crippen LogP contribution in [0.3, 0.4) is 0 Å². The number of halogens is 1. The molecule has 0 saturated carbocycles. The van der Waals surface area contributed by atoms with Gasteiger partial charge in [-0.05, 0) is 61.4 Å². The van der Waals surface area contributed by atoms with E-state index >= 15 is 0 Å². The van der Waals surface area contributed by atoms with Gasteiger partial charge in [0.2, 0.25) is 5.91 Å². The number of ketones is 1. The second kappa shape index (κ2) is 8.63. The molecule has 0 atom stereocenters. The van der Waals surface area contributed by atoms with Crippen molar-refractivity contribution in [3.8, 4) is 0 Å². The van der Waals surface area contributed by atoms with Crippen molar-refractivity contribution in [3.63, 3.8) is 0 Å². The number of hydrogen-bond acceptors (Lipinski definition) is 4. The molecule has 3 rings (SSSR count). The fourth-order valence-corrected chi connectivity index (χ4v) is 3.98. The summed E-state index contributed by atoms with van der Waals surface area (Å²) >= 11 is 4.73. The van der Waals surface area contributed by atoms with Gasteiger partial charge >= 0.3 is 0 Å². The Bertz CT molecular complexity index is 1030. The molecule has 0 radical (unpaired) electrons. The van der Waals surface area contributed by atoms with Crippen molar-refractivity contribution in [2.24, 2.45) is 0 Å². The van der Waals surface area contributed by atoms with Crippen LogP contribution in [0.1, 0.15) is 34.1 Å². The van der Waals surface area contributed by atoms with E-state index in [-0.39, 0.29) is 11.7 Å². The molecule has 0 spiro atoms. The van der Waals surface area contributed by atoms with Gasteiger partial charge in [0.25, 0.3) is 0 Å². The van der Waals surface area contributed by atoms with Crippen LogP contribution in [0.2, 0.25) is 0 Å². The van der Waals surface area contributed by atoms with Crippen molar-refractivity contribution in [2.75, 3.05) is 4.90 Å². The third-order valence-electron chi connectivity index (χ3n) is 4.21. The molecule has 0 N–H and O–H groups in total. The Morgan fingerprint density at radius 2 is 1.71 bits per heavy atom. The van der Waals surface area contributed by atoms with E-state index in [1.807, 2.05) is 49.6 Å². The van der Waals surface area contributed by atoms with Crippen molar-refractivity contribution in [1.29, 1.82) is 0 Å². The second-order valence-corrected chi connectivity index (χ2v) is 8.11. The lowest BCUT2D eigenvalue weighted by molar-refractivity contribution is -0.115. The highest BCUT2D eigenvalue weighted by Gasteiger charge is 2.21. The summed E-state index contributed by atoms with van der Waals surface area (Å²) in [6.45, 7) is 5.48. The van der Waals surface area contributed by atoms with Crippen molar-refractivity contribution in [2.45, 2.75) is 20.8 Å². The highest BCUT2D eigenvalue weighted by atomic mass is 79.9. The molecule has 6 heteroatoms. The highest BCUT2D eigenvalue weighted by Crippen LogP contribution is 2.33. The predicted molar refractivity (Wildman–Crippen MR) is 118 cm³/mol. The van der Waals surface area contributed by atoms with Gasteiger partial charge in [0.1, 0.15) is 0 Å². The molecule has 28 heavy (non-hydrogen) atoms. The predicted octanol–water partition coefficient (Wildman–Crippen LogP) is 6.10. The molecule has 142 valence electrons. The molecule has 0 bridgehead atoms. The molecular weight excluding hydrogens is 436 g/mol. The van der Waals surface area contributed by atoms with E-state index in [1.165, 1.54) is 24.3 Å². The zero-order valence-electron chi connectivity index (χ0n) is 15.8. The fraction of sp³-hybridized carbons (Fsp3) is 0.136. The van der Waals surface area contributed by atoms with E-state index in [0.717, 1.165) is 21.3 Å².